The Morgan fingerprint density at radius 2 is 1.90 bits per heavy atom. The van der Waals surface area contributed by atoms with Crippen molar-refractivity contribution >= 4 is 15.9 Å². The molecule has 1 atom stereocenters. The van der Waals surface area contributed by atoms with Gasteiger partial charge in [-0.3, -0.25) is 0 Å². The lowest BCUT2D eigenvalue weighted by atomic mass is 10.0. The van der Waals surface area contributed by atoms with Crippen molar-refractivity contribution in [1.29, 1.82) is 0 Å². The van der Waals surface area contributed by atoms with Crippen LogP contribution in [0.5, 0.6) is 0 Å². The molecule has 0 saturated carbocycles. The van der Waals surface area contributed by atoms with Crippen LogP contribution in [0.15, 0.2) is 65.4 Å². The average Bonchev–Trinajstić information content (AvgIpc) is 3.00. The van der Waals surface area contributed by atoms with E-state index in [9.17, 15) is 9.50 Å². The lowest BCUT2D eigenvalue weighted by Gasteiger charge is -2.10. The zero-order valence-electron chi connectivity index (χ0n) is 10.9. The summed E-state index contributed by atoms with van der Waals surface area (Å²) in [6.07, 6.45) is 2.18. The van der Waals surface area contributed by atoms with Gasteiger partial charge in [-0.2, -0.15) is 5.10 Å². The minimum Gasteiger partial charge on any atom is -0.383 e. The van der Waals surface area contributed by atoms with E-state index in [1.807, 2.05) is 30.3 Å². The Morgan fingerprint density at radius 1 is 1.14 bits per heavy atom. The van der Waals surface area contributed by atoms with Crippen LogP contribution in [0.2, 0.25) is 0 Å². The maximum atomic E-state index is 13.8. The smallest absolute Gasteiger partial charge is 0.129 e. The summed E-state index contributed by atoms with van der Waals surface area (Å²) < 4.78 is 16.2. The highest BCUT2D eigenvalue weighted by Gasteiger charge is 2.17. The van der Waals surface area contributed by atoms with Crippen LogP contribution in [-0.2, 0) is 0 Å². The van der Waals surface area contributed by atoms with Crippen LogP contribution in [0.1, 0.15) is 17.2 Å². The molecule has 0 bridgehead atoms. The summed E-state index contributed by atoms with van der Waals surface area (Å²) >= 11 is 3.28. The number of aliphatic hydroxyl groups is 1. The predicted octanol–water partition coefficient (Wildman–Crippen LogP) is 3.86. The molecule has 1 heterocycles. The van der Waals surface area contributed by atoms with Crippen LogP contribution in [0, 0.1) is 5.82 Å². The van der Waals surface area contributed by atoms with Gasteiger partial charge in [0.05, 0.1) is 11.9 Å². The molecule has 0 amide bonds. The average molecular weight is 347 g/mol. The van der Waals surface area contributed by atoms with Crippen LogP contribution < -0.4 is 0 Å². The third-order valence-electron chi connectivity index (χ3n) is 3.19. The van der Waals surface area contributed by atoms with Crippen molar-refractivity contribution in [1.82, 2.24) is 9.78 Å². The maximum absolute atomic E-state index is 13.8. The lowest BCUT2D eigenvalue weighted by molar-refractivity contribution is 0.215. The zero-order chi connectivity index (χ0) is 14.8. The largest absolute Gasteiger partial charge is 0.383 e. The first kappa shape index (κ1) is 14.0. The van der Waals surface area contributed by atoms with E-state index in [0.717, 1.165) is 5.69 Å². The highest BCUT2D eigenvalue weighted by atomic mass is 79.9. The minimum atomic E-state index is -1.06. The van der Waals surface area contributed by atoms with Gasteiger partial charge in [0.1, 0.15) is 11.9 Å². The zero-order valence-corrected chi connectivity index (χ0v) is 12.5. The number of rotatable bonds is 3. The van der Waals surface area contributed by atoms with E-state index in [1.54, 1.807) is 23.0 Å². The van der Waals surface area contributed by atoms with Crippen molar-refractivity contribution in [2.24, 2.45) is 0 Å². The predicted molar refractivity (Wildman–Crippen MR) is 81.7 cm³/mol. The Bertz CT molecular complexity index is 758. The van der Waals surface area contributed by atoms with Crippen molar-refractivity contribution < 1.29 is 9.50 Å². The van der Waals surface area contributed by atoms with Crippen molar-refractivity contribution in [2.45, 2.75) is 6.10 Å². The van der Waals surface area contributed by atoms with Gasteiger partial charge in [0, 0.05) is 21.8 Å². The molecule has 3 rings (SSSR count). The Balaban J connectivity index is 1.94. The van der Waals surface area contributed by atoms with E-state index < -0.39 is 11.9 Å². The maximum Gasteiger partial charge on any atom is 0.129 e. The Hall–Kier alpha value is -1.98. The number of halogens is 2. The summed E-state index contributed by atoms with van der Waals surface area (Å²) in [6, 6.07) is 14.0. The fourth-order valence-corrected chi connectivity index (χ4v) is 2.48. The van der Waals surface area contributed by atoms with Crippen LogP contribution in [0.25, 0.3) is 5.69 Å². The first-order chi connectivity index (χ1) is 10.1. The summed E-state index contributed by atoms with van der Waals surface area (Å²) in [4.78, 5) is 0. The molecule has 0 saturated heterocycles. The molecule has 2 aromatic carbocycles. The molecule has 5 heteroatoms. The second-order valence-electron chi connectivity index (χ2n) is 4.62. The van der Waals surface area contributed by atoms with E-state index in [-0.39, 0.29) is 5.56 Å². The van der Waals surface area contributed by atoms with E-state index in [4.69, 9.17) is 0 Å². The first-order valence-electron chi connectivity index (χ1n) is 6.38. The number of aromatic nitrogens is 2. The van der Waals surface area contributed by atoms with Crippen LogP contribution in [-0.4, -0.2) is 14.9 Å². The minimum absolute atomic E-state index is 0.219. The van der Waals surface area contributed by atoms with Crippen molar-refractivity contribution in [3.8, 4) is 5.69 Å². The normalized spacial score (nSPS) is 12.3. The topological polar surface area (TPSA) is 38.1 Å². The molecule has 21 heavy (non-hydrogen) atoms. The second kappa shape index (κ2) is 5.79. The van der Waals surface area contributed by atoms with E-state index in [0.29, 0.717) is 10.0 Å². The van der Waals surface area contributed by atoms with E-state index in [1.165, 1.54) is 12.3 Å². The molecule has 3 nitrogen and oxygen atoms in total. The van der Waals surface area contributed by atoms with Gasteiger partial charge in [0.15, 0.2) is 0 Å². The molecular formula is C16H12BrFN2O. The number of hydrogen-bond donors (Lipinski definition) is 1. The molecule has 0 spiro atoms. The van der Waals surface area contributed by atoms with Gasteiger partial charge in [0.2, 0.25) is 0 Å². The standard InChI is InChI=1S/C16H12BrFN2O/c17-12-6-7-15(18)14(8-12)16(21)11-9-19-20(10-11)13-4-2-1-3-5-13/h1-10,16,21H. The molecule has 1 aromatic heterocycles. The molecule has 0 radical (unpaired) electrons. The van der Waals surface area contributed by atoms with Gasteiger partial charge >= 0.3 is 0 Å². The molecule has 1 N–H and O–H groups in total. The van der Waals surface area contributed by atoms with Crippen molar-refractivity contribution in [3.05, 3.63) is 82.3 Å². The number of aliphatic hydroxyl groups excluding tert-OH is 1. The highest BCUT2D eigenvalue weighted by molar-refractivity contribution is 9.10. The number of benzene rings is 2. The second-order valence-corrected chi connectivity index (χ2v) is 5.54. The fourth-order valence-electron chi connectivity index (χ4n) is 2.10. The van der Waals surface area contributed by atoms with Gasteiger partial charge in [-0.05, 0) is 30.3 Å². The fraction of sp³-hybridized carbons (Fsp3) is 0.0625. The van der Waals surface area contributed by atoms with Crippen molar-refractivity contribution in [2.75, 3.05) is 0 Å². The summed E-state index contributed by atoms with van der Waals surface area (Å²) in [6.45, 7) is 0. The lowest BCUT2D eigenvalue weighted by Crippen LogP contribution is -2.02. The van der Waals surface area contributed by atoms with Gasteiger partial charge in [-0.1, -0.05) is 34.1 Å². The molecule has 0 fully saturated rings. The Labute approximate surface area is 129 Å². The number of nitrogens with zero attached hydrogens (tertiary/aromatic N) is 2. The molecule has 106 valence electrons. The third-order valence-corrected chi connectivity index (χ3v) is 3.68. The van der Waals surface area contributed by atoms with Gasteiger partial charge in [-0.15, -0.1) is 0 Å². The quantitative estimate of drug-likeness (QED) is 0.781. The number of hydrogen-bond acceptors (Lipinski definition) is 2. The van der Waals surface area contributed by atoms with E-state index in [2.05, 4.69) is 21.0 Å². The molecule has 0 aliphatic heterocycles. The van der Waals surface area contributed by atoms with Gasteiger partial charge in [-0.25, -0.2) is 9.07 Å². The van der Waals surface area contributed by atoms with Crippen LogP contribution >= 0.6 is 15.9 Å². The van der Waals surface area contributed by atoms with E-state index >= 15 is 0 Å². The molecular weight excluding hydrogens is 335 g/mol. The monoisotopic (exact) mass is 346 g/mol. The van der Waals surface area contributed by atoms with Gasteiger partial charge in [0.25, 0.3) is 0 Å². The molecule has 0 aliphatic carbocycles. The Kier molecular flexibility index (Phi) is 3.86. The SMILES string of the molecule is OC(c1cnn(-c2ccccc2)c1)c1cc(Br)ccc1F. The van der Waals surface area contributed by atoms with Crippen LogP contribution in [0.4, 0.5) is 4.39 Å². The molecule has 1 unspecified atom stereocenters. The highest BCUT2D eigenvalue weighted by Crippen LogP contribution is 2.27. The molecule has 3 aromatic rings. The van der Waals surface area contributed by atoms with Crippen LogP contribution in [0.3, 0.4) is 0 Å². The summed E-state index contributed by atoms with van der Waals surface area (Å²) in [7, 11) is 0. The number of para-hydroxylation sites is 1. The van der Waals surface area contributed by atoms with Gasteiger partial charge < -0.3 is 5.11 Å². The summed E-state index contributed by atoms with van der Waals surface area (Å²) in [5, 5.41) is 14.6. The van der Waals surface area contributed by atoms with Crippen molar-refractivity contribution in [3.63, 3.8) is 0 Å². The third kappa shape index (κ3) is 2.89. The summed E-state index contributed by atoms with van der Waals surface area (Å²) in [5.74, 6) is -0.446. The molecule has 0 aliphatic rings. The summed E-state index contributed by atoms with van der Waals surface area (Å²) in [5.41, 5.74) is 1.64. The first-order valence-corrected chi connectivity index (χ1v) is 7.17. The Morgan fingerprint density at radius 3 is 2.67 bits per heavy atom.